The van der Waals surface area contributed by atoms with Crippen molar-refractivity contribution < 1.29 is 4.42 Å². The fourth-order valence-corrected chi connectivity index (χ4v) is 1.43. The highest BCUT2D eigenvalue weighted by Gasteiger charge is 2.06. The molecule has 1 atom stereocenters. The maximum atomic E-state index is 5.92. The third-order valence-corrected chi connectivity index (χ3v) is 2.18. The molecule has 0 aromatic carbocycles. The molecule has 1 unspecified atom stereocenters. The molecule has 3 heteroatoms. The van der Waals surface area contributed by atoms with Gasteiger partial charge in [-0.25, -0.2) is 0 Å². The smallest absolute Gasteiger partial charge is 0.152 e. The predicted octanol–water partition coefficient (Wildman–Crippen LogP) is 3.44. The number of fused-ring (bicyclic) bond motifs is 1. The molecule has 0 fully saturated rings. The lowest BCUT2D eigenvalue weighted by Crippen LogP contribution is -1.87. The normalized spacial score (nSPS) is 13.5. The maximum absolute atomic E-state index is 5.92. The standard InChI is InChI=1S/C10H10ClNO/c1-6-3-8-4-9(7(2)11)12-5-10(8)13-6/h3-5,7H,1-2H3. The summed E-state index contributed by atoms with van der Waals surface area (Å²) in [7, 11) is 0. The van der Waals surface area contributed by atoms with E-state index in [-0.39, 0.29) is 5.38 Å². The molecule has 0 saturated carbocycles. The number of rotatable bonds is 1. The average molecular weight is 196 g/mol. The van der Waals surface area contributed by atoms with Crippen LogP contribution in [0.5, 0.6) is 0 Å². The molecule has 2 aromatic rings. The highest BCUT2D eigenvalue weighted by molar-refractivity contribution is 6.20. The van der Waals surface area contributed by atoms with E-state index in [0.29, 0.717) is 0 Å². The molecule has 0 N–H and O–H groups in total. The lowest BCUT2D eigenvalue weighted by Gasteiger charge is -2.00. The molecular formula is C10H10ClNO. The summed E-state index contributed by atoms with van der Waals surface area (Å²) in [5.41, 5.74) is 1.70. The largest absolute Gasteiger partial charge is 0.460 e. The molecule has 0 aliphatic rings. The predicted molar refractivity (Wildman–Crippen MR) is 53.0 cm³/mol. The van der Waals surface area contributed by atoms with Crippen LogP contribution in [0.15, 0.2) is 22.7 Å². The summed E-state index contributed by atoms with van der Waals surface area (Å²) >= 11 is 5.92. The van der Waals surface area contributed by atoms with E-state index in [1.165, 1.54) is 0 Å². The van der Waals surface area contributed by atoms with Gasteiger partial charge in [-0.1, -0.05) is 0 Å². The first-order valence-electron chi connectivity index (χ1n) is 4.17. The summed E-state index contributed by atoms with van der Waals surface area (Å²) < 4.78 is 5.40. The van der Waals surface area contributed by atoms with E-state index >= 15 is 0 Å². The van der Waals surface area contributed by atoms with Crippen molar-refractivity contribution in [3.8, 4) is 0 Å². The van der Waals surface area contributed by atoms with Gasteiger partial charge in [0.15, 0.2) is 5.58 Å². The SMILES string of the molecule is Cc1cc2cc(C(C)Cl)ncc2o1. The molecule has 2 rings (SSSR count). The minimum atomic E-state index is -0.0559. The third-order valence-electron chi connectivity index (χ3n) is 1.96. The van der Waals surface area contributed by atoms with Crippen molar-refractivity contribution in [3.63, 3.8) is 0 Å². The van der Waals surface area contributed by atoms with E-state index in [2.05, 4.69) is 4.98 Å². The Morgan fingerprint density at radius 2 is 2.23 bits per heavy atom. The first-order valence-corrected chi connectivity index (χ1v) is 4.60. The molecule has 2 aromatic heterocycles. The van der Waals surface area contributed by atoms with E-state index in [4.69, 9.17) is 16.0 Å². The summed E-state index contributed by atoms with van der Waals surface area (Å²) in [6.07, 6.45) is 1.72. The summed E-state index contributed by atoms with van der Waals surface area (Å²) in [5.74, 6) is 0.899. The number of aromatic nitrogens is 1. The second kappa shape index (κ2) is 3.04. The van der Waals surface area contributed by atoms with Crippen LogP contribution in [0, 0.1) is 6.92 Å². The highest BCUT2D eigenvalue weighted by atomic mass is 35.5. The summed E-state index contributed by atoms with van der Waals surface area (Å²) in [4.78, 5) is 4.19. The van der Waals surface area contributed by atoms with Gasteiger partial charge in [0.1, 0.15) is 5.76 Å². The van der Waals surface area contributed by atoms with E-state index in [1.54, 1.807) is 6.20 Å². The van der Waals surface area contributed by atoms with Gasteiger partial charge < -0.3 is 4.42 Å². The maximum Gasteiger partial charge on any atom is 0.152 e. The van der Waals surface area contributed by atoms with Crippen LogP contribution in [0.2, 0.25) is 0 Å². The lowest BCUT2D eigenvalue weighted by molar-refractivity contribution is 0.577. The van der Waals surface area contributed by atoms with Gasteiger partial charge in [0.2, 0.25) is 0 Å². The van der Waals surface area contributed by atoms with Gasteiger partial charge in [0.25, 0.3) is 0 Å². The Morgan fingerprint density at radius 3 is 2.92 bits per heavy atom. The Bertz CT molecular complexity index is 433. The van der Waals surface area contributed by atoms with Crippen molar-refractivity contribution >= 4 is 22.6 Å². The van der Waals surface area contributed by atoms with Crippen LogP contribution in [0.25, 0.3) is 11.0 Å². The second-order valence-electron chi connectivity index (χ2n) is 3.12. The van der Waals surface area contributed by atoms with Gasteiger partial charge in [-0.15, -0.1) is 11.6 Å². The van der Waals surface area contributed by atoms with Crippen LogP contribution >= 0.6 is 11.6 Å². The number of hydrogen-bond acceptors (Lipinski definition) is 2. The van der Waals surface area contributed by atoms with Crippen LogP contribution in [0.3, 0.4) is 0 Å². The molecule has 0 amide bonds. The van der Waals surface area contributed by atoms with Crippen molar-refractivity contribution in [1.82, 2.24) is 4.98 Å². The van der Waals surface area contributed by atoms with Crippen molar-refractivity contribution in [3.05, 3.63) is 29.8 Å². The van der Waals surface area contributed by atoms with E-state index in [9.17, 15) is 0 Å². The number of aryl methyl sites for hydroxylation is 1. The Labute approximate surface area is 81.5 Å². The van der Waals surface area contributed by atoms with Gasteiger partial charge in [-0.2, -0.15) is 0 Å². The minimum absolute atomic E-state index is 0.0559. The quantitative estimate of drug-likeness (QED) is 0.652. The number of pyridine rings is 1. The van der Waals surface area contributed by atoms with E-state index in [1.807, 2.05) is 26.0 Å². The number of nitrogens with zero attached hydrogens (tertiary/aromatic N) is 1. The van der Waals surface area contributed by atoms with Gasteiger partial charge in [0, 0.05) is 5.39 Å². The van der Waals surface area contributed by atoms with Gasteiger partial charge >= 0.3 is 0 Å². The topological polar surface area (TPSA) is 26.0 Å². The summed E-state index contributed by atoms with van der Waals surface area (Å²) in [6.45, 7) is 3.83. The fourth-order valence-electron chi connectivity index (χ4n) is 1.31. The zero-order valence-corrected chi connectivity index (χ0v) is 8.30. The first kappa shape index (κ1) is 8.57. The molecular weight excluding hydrogens is 186 g/mol. The Kier molecular flexibility index (Phi) is 2.00. The Hall–Kier alpha value is -1.02. The van der Waals surface area contributed by atoms with Gasteiger partial charge in [-0.05, 0) is 26.0 Å². The number of halogens is 1. The zero-order valence-electron chi connectivity index (χ0n) is 7.54. The van der Waals surface area contributed by atoms with E-state index < -0.39 is 0 Å². The van der Waals surface area contributed by atoms with Crippen LogP contribution in [-0.4, -0.2) is 4.98 Å². The third kappa shape index (κ3) is 1.54. The fraction of sp³-hybridized carbons (Fsp3) is 0.300. The summed E-state index contributed by atoms with van der Waals surface area (Å²) in [5, 5.41) is 1.01. The monoisotopic (exact) mass is 195 g/mol. The van der Waals surface area contributed by atoms with Crippen molar-refractivity contribution in [1.29, 1.82) is 0 Å². The molecule has 2 heterocycles. The lowest BCUT2D eigenvalue weighted by atomic mass is 10.2. The van der Waals surface area contributed by atoms with Crippen molar-refractivity contribution in [2.24, 2.45) is 0 Å². The molecule has 68 valence electrons. The summed E-state index contributed by atoms with van der Waals surface area (Å²) in [6, 6.07) is 3.95. The molecule has 0 bridgehead atoms. The van der Waals surface area contributed by atoms with Gasteiger partial charge in [0.05, 0.1) is 17.3 Å². The Morgan fingerprint density at radius 1 is 1.46 bits per heavy atom. The number of alkyl halides is 1. The van der Waals surface area contributed by atoms with Crippen LogP contribution in [-0.2, 0) is 0 Å². The van der Waals surface area contributed by atoms with Crippen LogP contribution in [0.4, 0.5) is 0 Å². The first-order chi connectivity index (χ1) is 6.16. The number of hydrogen-bond donors (Lipinski definition) is 0. The molecule has 0 aliphatic carbocycles. The zero-order chi connectivity index (χ0) is 9.42. The molecule has 0 spiro atoms. The van der Waals surface area contributed by atoms with Crippen LogP contribution in [0.1, 0.15) is 23.8 Å². The van der Waals surface area contributed by atoms with E-state index in [0.717, 1.165) is 22.4 Å². The molecule has 13 heavy (non-hydrogen) atoms. The van der Waals surface area contributed by atoms with Gasteiger partial charge in [-0.3, -0.25) is 4.98 Å². The second-order valence-corrected chi connectivity index (χ2v) is 3.77. The van der Waals surface area contributed by atoms with Crippen molar-refractivity contribution in [2.75, 3.05) is 0 Å². The van der Waals surface area contributed by atoms with Crippen LogP contribution < -0.4 is 0 Å². The minimum Gasteiger partial charge on any atom is -0.460 e. The average Bonchev–Trinajstić information content (AvgIpc) is 2.42. The molecule has 0 aliphatic heterocycles. The Balaban J connectivity index is 2.61. The molecule has 0 radical (unpaired) electrons. The molecule has 2 nitrogen and oxygen atoms in total. The van der Waals surface area contributed by atoms with Crippen molar-refractivity contribution in [2.45, 2.75) is 19.2 Å². The molecule has 0 saturated heterocycles. The highest BCUT2D eigenvalue weighted by Crippen LogP contribution is 2.23. The number of furan rings is 1.